The Morgan fingerprint density at radius 1 is 1.35 bits per heavy atom. The smallest absolute Gasteiger partial charge is 0.0447 e. The molecule has 0 amide bonds. The van der Waals surface area contributed by atoms with Gasteiger partial charge in [-0.25, -0.2) is 0 Å². The van der Waals surface area contributed by atoms with Crippen LogP contribution in [-0.4, -0.2) is 7.05 Å². The molecule has 17 heavy (non-hydrogen) atoms. The van der Waals surface area contributed by atoms with Gasteiger partial charge in [0.05, 0.1) is 0 Å². The number of rotatable bonds is 3. The Kier molecular flexibility index (Phi) is 3.35. The van der Waals surface area contributed by atoms with Gasteiger partial charge in [-0.2, -0.15) is 0 Å². The molecular weight excluding hydrogens is 294 g/mol. The van der Waals surface area contributed by atoms with Crippen LogP contribution in [0.15, 0.2) is 10.5 Å². The summed E-state index contributed by atoms with van der Waals surface area (Å²) in [6, 6.07) is 2.92. The lowest BCUT2D eigenvalue weighted by Crippen LogP contribution is -2.18. The summed E-state index contributed by atoms with van der Waals surface area (Å²) in [5.74, 6) is 2.94. The summed E-state index contributed by atoms with van der Waals surface area (Å²) in [4.78, 5) is 2.93. The maximum Gasteiger partial charge on any atom is 0.0447 e. The van der Waals surface area contributed by atoms with Crippen LogP contribution >= 0.6 is 27.3 Å². The van der Waals surface area contributed by atoms with Gasteiger partial charge in [0, 0.05) is 20.3 Å². The molecular formula is C14H20BrNS. The van der Waals surface area contributed by atoms with E-state index in [9.17, 15) is 0 Å². The molecule has 1 aromatic rings. The second kappa shape index (κ2) is 4.67. The third-order valence-corrected chi connectivity index (χ3v) is 6.82. The van der Waals surface area contributed by atoms with Crippen LogP contribution < -0.4 is 5.32 Å². The first-order valence-electron chi connectivity index (χ1n) is 6.65. The van der Waals surface area contributed by atoms with Crippen molar-refractivity contribution < 1.29 is 0 Å². The fourth-order valence-electron chi connectivity index (χ4n) is 3.70. The molecule has 0 aliphatic heterocycles. The summed E-state index contributed by atoms with van der Waals surface area (Å²) in [6.07, 6.45) is 5.86. The van der Waals surface area contributed by atoms with Gasteiger partial charge in [-0.1, -0.05) is 12.8 Å². The number of halogens is 1. The molecule has 0 spiro atoms. The minimum absolute atomic E-state index is 0.595. The van der Waals surface area contributed by atoms with E-state index >= 15 is 0 Å². The summed E-state index contributed by atoms with van der Waals surface area (Å²) < 4.78 is 1.28. The van der Waals surface area contributed by atoms with Crippen LogP contribution in [0.3, 0.4) is 0 Å². The molecule has 2 fully saturated rings. The molecule has 2 saturated carbocycles. The molecule has 0 saturated heterocycles. The zero-order valence-corrected chi connectivity index (χ0v) is 12.9. The Morgan fingerprint density at radius 3 is 2.47 bits per heavy atom. The second-order valence-corrected chi connectivity index (χ2v) is 7.65. The van der Waals surface area contributed by atoms with E-state index in [1.165, 1.54) is 39.9 Å². The number of fused-ring (bicyclic) bond motifs is 1. The molecule has 0 radical (unpaired) electrons. The zero-order valence-electron chi connectivity index (χ0n) is 10.5. The van der Waals surface area contributed by atoms with E-state index in [2.05, 4.69) is 41.3 Å². The summed E-state index contributed by atoms with van der Waals surface area (Å²) in [5.41, 5.74) is 0. The molecule has 3 rings (SSSR count). The number of nitrogens with one attached hydrogen (secondary N) is 1. The molecule has 3 atom stereocenters. The molecule has 0 bridgehead atoms. The fraction of sp³-hybridized carbons (Fsp3) is 0.714. The average molecular weight is 314 g/mol. The van der Waals surface area contributed by atoms with E-state index in [0.717, 1.165) is 17.8 Å². The summed E-state index contributed by atoms with van der Waals surface area (Å²) in [6.45, 7) is 2.20. The van der Waals surface area contributed by atoms with Gasteiger partial charge in [0.15, 0.2) is 0 Å². The van der Waals surface area contributed by atoms with Crippen molar-refractivity contribution in [1.82, 2.24) is 5.32 Å². The molecule has 1 N–H and O–H groups in total. The number of thiophene rings is 1. The first-order chi connectivity index (χ1) is 8.22. The average Bonchev–Trinajstić information content (AvgIpc) is 2.95. The molecule has 1 heterocycles. The van der Waals surface area contributed by atoms with Gasteiger partial charge in [0.1, 0.15) is 0 Å². The maximum absolute atomic E-state index is 3.64. The van der Waals surface area contributed by atoms with Crippen LogP contribution in [0.25, 0.3) is 0 Å². The van der Waals surface area contributed by atoms with E-state index in [0.29, 0.717) is 6.04 Å². The molecule has 3 unspecified atom stereocenters. The second-order valence-electron chi connectivity index (χ2n) is 5.51. The highest BCUT2D eigenvalue weighted by molar-refractivity contribution is 9.10. The van der Waals surface area contributed by atoms with Gasteiger partial charge >= 0.3 is 0 Å². The van der Waals surface area contributed by atoms with Crippen LogP contribution in [0, 0.1) is 24.7 Å². The zero-order chi connectivity index (χ0) is 12.0. The van der Waals surface area contributed by atoms with Gasteiger partial charge in [-0.15, -0.1) is 11.3 Å². The number of hydrogen-bond acceptors (Lipinski definition) is 2. The van der Waals surface area contributed by atoms with Crippen molar-refractivity contribution in [2.45, 2.75) is 38.6 Å². The summed E-state index contributed by atoms with van der Waals surface area (Å²) in [7, 11) is 2.12. The topological polar surface area (TPSA) is 12.0 Å². The van der Waals surface area contributed by atoms with Crippen LogP contribution in [0.4, 0.5) is 0 Å². The summed E-state index contributed by atoms with van der Waals surface area (Å²) in [5, 5.41) is 3.57. The van der Waals surface area contributed by atoms with Gasteiger partial charge in [-0.05, 0) is 66.6 Å². The Hall–Kier alpha value is 0.140. The van der Waals surface area contributed by atoms with Crippen LogP contribution in [0.5, 0.6) is 0 Å². The van der Waals surface area contributed by atoms with E-state index in [1.807, 2.05) is 11.3 Å². The number of aryl methyl sites for hydroxylation is 1. The monoisotopic (exact) mass is 313 g/mol. The molecule has 1 nitrogen and oxygen atoms in total. The Bertz CT molecular complexity index is 383. The van der Waals surface area contributed by atoms with Crippen molar-refractivity contribution in [1.29, 1.82) is 0 Å². The van der Waals surface area contributed by atoms with Gasteiger partial charge in [-0.3, -0.25) is 0 Å². The van der Waals surface area contributed by atoms with Crippen molar-refractivity contribution in [3.05, 3.63) is 20.3 Å². The lowest BCUT2D eigenvalue weighted by Gasteiger charge is -2.14. The lowest BCUT2D eigenvalue weighted by molar-refractivity contribution is 0.480. The van der Waals surface area contributed by atoms with E-state index < -0.39 is 0 Å². The normalized spacial score (nSPS) is 33.2. The fourth-order valence-corrected chi connectivity index (χ4v) is 5.43. The Balaban J connectivity index is 1.80. The maximum atomic E-state index is 3.64. The third kappa shape index (κ3) is 2.11. The predicted molar refractivity (Wildman–Crippen MR) is 77.5 cm³/mol. The first kappa shape index (κ1) is 12.2. The molecule has 2 aliphatic carbocycles. The molecule has 1 aromatic heterocycles. The van der Waals surface area contributed by atoms with Gasteiger partial charge in [0.25, 0.3) is 0 Å². The largest absolute Gasteiger partial charge is 0.312 e. The van der Waals surface area contributed by atoms with Crippen LogP contribution in [0.1, 0.15) is 41.5 Å². The minimum atomic E-state index is 0.595. The highest BCUT2D eigenvalue weighted by Gasteiger charge is 2.54. The van der Waals surface area contributed by atoms with E-state index in [1.54, 1.807) is 0 Å². The third-order valence-electron chi connectivity index (χ3n) is 4.60. The van der Waals surface area contributed by atoms with Gasteiger partial charge in [0.2, 0.25) is 0 Å². The van der Waals surface area contributed by atoms with Crippen LogP contribution in [0.2, 0.25) is 0 Å². The van der Waals surface area contributed by atoms with E-state index in [4.69, 9.17) is 0 Å². The van der Waals surface area contributed by atoms with Crippen molar-refractivity contribution in [3.63, 3.8) is 0 Å². The Labute approximate surface area is 116 Å². The number of hydrogen-bond donors (Lipinski definition) is 1. The molecule has 3 heteroatoms. The molecule has 0 aromatic carbocycles. The lowest BCUT2D eigenvalue weighted by atomic mass is 10.0. The highest BCUT2D eigenvalue weighted by Crippen LogP contribution is 2.60. The Morgan fingerprint density at radius 2 is 2.00 bits per heavy atom. The van der Waals surface area contributed by atoms with Crippen molar-refractivity contribution >= 4 is 27.3 Å². The molecule has 94 valence electrons. The van der Waals surface area contributed by atoms with Crippen LogP contribution in [-0.2, 0) is 0 Å². The highest BCUT2D eigenvalue weighted by atomic mass is 79.9. The van der Waals surface area contributed by atoms with Gasteiger partial charge < -0.3 is 5.32 Å². The summed E-state index contributed by atoms with van der Waals surface area (Å²) >= 11 is 5.59. The van der Waals surface area contributed by atoms with Crippen molar-refractivity contribution in [2.75, 3.05) is 7.05 Å². The van der Waals surface area contributed by atoms with E-state index in [-0.39, 0.29) is 0 Å². The first-order valence-corrected chi connectivity index (χ1v) is 8.26. The SMILES string of the molecule is CNC(c1cc(Br)c(C)s1)C1C2CCCCC21. The molecule has 2 aliphatic rings. The van der Waals surface area contributed by atoms with Crippen molar-refractivity contribution in [2.24, 2.45) is 17.8 Å². The standard InChI is InChI=1S/C14H20BrNS/c1-8-11(15)7-12(17-8)14(16-2)13-9-5-3-4-6-10(9)13/h7,9-10,13-14,16H,3-6H2,1-2H3. The quantitative estimate of drug-likeness (QED) is 0.865. The predicted octanol–water partition coefficient (Wildman–Crippen LogP) is 4.52. The minimum Gasteiger partial charge on any atom is -0.312 e. The van der Waals surface area contributed by atoms with Crippen molar-refractivity contribution in [3.8, 4) is 0 Å².